The molecule has 0 spiro atoms. The van der Waals surface area contributed by atoms with Crippen LogP contribution in [0.4, 0.5) is 0 Å². The van der Waals surface area contributed by atoms with Crippen LogP contribution in [0, 0.1) is 0 Å². The van der Waals surface area contributed by atoms with Crippen molar-refractivity contribution in [3.05, 3.63) is 78.4 Å². The Labute approximate surface area is 150 Å². The summed E-state index contributed by atoms with van der Waals surface area (Å²) in [5.74, 6) is -0.00184. The first-order valence-electron chi connectivity index (χ1n) is 8.58. The zero-order valence-electron chi connectivity index (χ0n) is 14.0. The van der Waals surface area contributed by atoms with E-state index in [1.807, 2.05) is 59.6 Å². The van der Waals surface area contributed by atoms with Crippen molar-refractivity contribution in [2.24, 2.45) is 0 Å². The number of amides is 1. The molecule has 0 bridgehead atoms. The largest absolute Gasteiger partial charge is 0.352 e. The third kappa shape index (κ3) is 2.45. The van der Waals surface area contributed by atoms with Crippen LogP contribution in [0.3, 0.4) is 0 Å². The molecule has 1 aliphatic heterocycles. The Kier molecular flexibility index (Phi) is 3.31. The molecule has 3 aromatic heterocycles. The van der Waals surface area contributed by atoms with Crippen molar-refractivity contribution in [2.45, 2.75) is 6.42 Å². The molecule has 4 heterocycles. The van der Waals surface area contributed by atoms with Crippen LogP contribution in [0.5, 0.6) is 0 Å². The molecule has 1 N–H and O–H groups in total. The van der Waals surface area contributed by atoms with Crippen molar-refractivity contribution in [2.75, 3.05) is 6.54 Å². The molecule has 0 radical (unpaired) electrons. The number of fused-ring (bicyclic) bond motifs is 2. The van der Waals surface area contributed by atoms with Crippen molar-refractivity contribution >= 4 is 16.8 Å². The van der Waals surface area contributed by atoms with Crippen molar-refractivity contribution < 1.29 is 4.79 Å². The summed E-state index contributed by atoms with van der Waals surface area (Å²) >= 11 is 0. The molecule has 0 atom stereocenters. The van der Waals surface area contributed by atoms with E-state index in [2.05, 4.69) is 21.4 Å². The Morgan fingerprint density at radius 2 is 1.96 bits per heavy atom. The molecule has 4 aromatic rings. The Hall–Kier alpha value is -3.47. The first kappa shape index (κ1) is 14.8. The van der Waals surface area contributed by atoms with Crippen molar-refractivity contribution in [1.29, 1.82) is 0 Å². The predicted octanol–water partition coefficient (Wildman–Crippen LogP) is 3.37. The summed E-state index contributed by atoms with van der Waals surface area (Å²) in [5.41, 5.74) is 5.61. The summed E-state index contributed by atoms with van der Waals surface area (Å²) < 4.78 is 2.00. The topological polar surface area (TPSA) is 59.8 Å². The number of aromatic nitrogens is 3. The summed E-state index contributed by atoms with van der Waals surface area (Å²) in [4.78, 5) is 21.0. The van der Waals surface area contributed by atoms with E-state index in [1.54, 1.807) is 6.20 Å². The van der Waals surface area contributed by atoms with Gasteiger partial charge in [0, 0.05) is 48.0 Å². The molecular weight excluding hydrogens is 324 g/mol. The van der Waals surface area contributed by atoms with Gasteiger partial charge in [-0.15, -0.1) is 0 Å². The van der Waals surface area contributed by atoms with Crippen LogP contribution in [-0.4, -0.2) is 27.0 Å². The predicted molar refractivity (Wildman–Crippen MR) is 100 cm³/mol. The highest BCUT2D eigenvalue weighted by Crippen LogP contribution is 2.24. The van der Waals surface area contributed by atoms with Gasteiger partial charge in [-0.25, -0.2) is 0 Å². The van der Waals surface area contributed by atoms with E-state index in [9.17, 15) is 4.79 Å². The fraction of sp³-hybridized carbons (Fsp3) is 0.0952. The summed E-state index contributed by atoms with van der Waals surface area (Å²) in [7, 11) is 0. The maximum Gasteiger partial charge on any atom is 0.253 e. The smallest absolute Gasteiger partial charge is 0.253 e. The summed E-state index contributed by atoms with van der Waals surface area (Å²) in [6.45, 7) is 0.695. The molecule has 1 aliphatic rings. The van der Waals surface area contributed by atoms with Gasteiger partial charge in [0.15, 0.2) is 0 Å². The first-order valence-corrected chi connectivity index (χ1v) is 8.58. The zero-order chi connectivity index (χ0) is 17.5. The van der Waals surface area contributed by atoms with Crippen LogP contribution < -0.4 is 5.32 Å². The third-order valence-electron chi connectivity index (χ3n) is 4.76. The third-order valence-corrected chi connectivity index (χ3v) is 4.76. The van der Waals surface area contributed by atoms with E-state index in [-0.39, 0.29) is 5.91 Å². The maximum atomic E-state index is 12.0. The number of carbonyl (C=O) groups is 1. The van der Waals surface area contributed by atoms with Crippen molar-refractivity contribution in [1.82, 2.24) is 19.9 Å². The van der Waals surface area contributed by atoms with Gasteiger partial charge in [-0.1, -0.05) is 18.2 Å². The molecule has 126 valence electrons. The number of carbonyl (C=O) groups excluding carboxylic acids is 1. The Balaban J connectivity index is 1.57. The second-order valence-electron chi connectivity index (χ2n) is 6.43. The maximum absolute atomic E-state index is 12.0. The molecule has 1 aromatic carbocycles. The van der Waals surface area contributed by atoms with E-state index in [4.69, 9.17) is 0 Å². The zero-order valence-corrected chi connectivity index (χ0v) is 14.0. The molecular formula is C21H16N4O. The van der Waals surface area contributed by atoms with E-state index >= 15 is 0 Å². The van der Waals surface area contributed by atoms with Gasteiger partial charge in [0.25, 0.3) is 5.91 Å². The molecule has 5 rings (SSSR count). The normalized spacial score (nSPS) is 13.5. The van der Waals surface area contributed by atoms with Crippen LogP contribution in [0.15, 0.2) is 67.3 Å². The lowest BCUT2D eigenvalue weighted by Crippen LogP contribution is -2.30. The Morgan fingerprint density at radius 1 is 1.04 bits per heavy atom. The summed E-state index contributed by atoms with van der Waals surface area (Å²) in [5, 5.41) is 3.97. The molecule has 5 nitrogen and oxygen atoms in total. The monoisotopic (exact) mass is 340 g/mol. The average Bonchev–Trinajstić information content (AvgIpc) is 3.14. The fourth-order valence-corrected chi connectivity index (χ4v) is 3.40. The van der Waals surface area contributed by atoms with Crippen LogP contribution in [0.25, 0.3) is 27.8 Å². The van der Waals surface area contributed by atoms with E-state index in [1.165, 1.54) is 0 Å². The second kappa shape index (κ2) is 5.81. The van der Waals surface area contributed by atoms with Gasteiger partial charge in [0.05, 0.1) is 16.8 Å². The highest BCUT2D eigenvalue weighted by Gasteiger charge is 2.19. The lowest BCUT2D eigenvalue weighted by molar-refractivity contribution is 0.0946. The van der Waals surface area contributed by atoms with Gasteiger partial charge in [0.1, 0.15) is 0 Å². The summed E-state index contributed by atoms with van der Waals surface area (Å²) in [6.07, 6.45) is 8.43. The number of para-hydroxylation sites is 1. The lowest BCUT2D eigenvalue weighted by Gasteiger charge is -2.10. The number of hydrogen-bond donors (Lipinski definition) is 1. The number of benzene rings is 1. The van der Waals surface area contributed by atoms with Gasteiger partial charge in [-0.3, -0.25) is 14.8 Å². The van der Waals surface area contributed by atoms with Crippen LogP contribution >= 0.6 is 0 Å². The number of nitrogens with one attached hydrogen (secondary N) is 1. The molecule has 26 heavy (non-hydrogen) atoms. The van der Waals surface area contributed by atoms with Gasteiger partial charge >= 0.3 is 0 Å². The molecule has 0 aliphatic carbocycles. The first-order chi connectivity index (χ1) is 12.8. The molecule has 0 unspecified atom stereocenters. The average molecular weight is 340 g/mol. The minimum absolute atomic E-state index is 0.00184. The number of hydrogen-bond acceptors (Lipinski definition) is 3. The van der Waals surface area contributed by atoms with Gasteiger partial charge in [-0.05, 0) is 36.2 Å². The summed E-state index contributed by atoms with van der Waals surface area (Å²) in [6, 6.07) is 14.1. The standard InChI is InChI=1S/C21H16N4O/c26-21-18-13-25(12-15(18)5-7-23-21)17-6-8-22-20(10-17)16-9-14-3-1-2-4-19(14)24-11-16/h1-4,6,8-13H,5,7H2,(H,23,26). The van der Waals surface area contributed by atoms with Crippen molar-refractivity contribution in [3.63, 3.8) is 0 Å². The van der Waals surface area contributed by atoms with Crippen LogP contribution in [-0.2, 0) is 6.42 Å². The molecule has 5 heteroatoms. The van der Waals surface area contributed by atoms with E-state index < -0.39 is 0 Å². The molecule has 0 saturated carbocycles. The minimum Gasteiger partial charge on any atom is -0.352 e. The number of rotatable bonds is 2. The minimum atomic E-state index is -0.00184. The highest BCUT2D eigenvalue weighted by atomic mass is 16.1. The van der Waals surface area contributed by atoms with Gasteiger partial charge in [0.2, 0.25) is 0 Å². The van der Waals surface area contributed by atoms with Crippen molar-refractivity contribution in [3.8, 4) is 16.9 Å². The molecule has 0 saturated heterocycles. The quantitative estimate of drug-likeness (QED) is 0.609. The molecule has 0 fully saturated rings. The number of nitrogens with zero attached hydrogens (tertiary/aromatic N) is 3. The van der Waals surface area contributed by atoms with E-state index in [0.29, 0.717) is 6.54 Å². The Morgan fingerprint density at radius 3 is 2.88 bits per heavy atom. The van der Waals surface area contributed by atoms with Crippen LogP contribution in [0.1, 0.15) is 15.9 Å². The fourth-order valence-electron chi connectivity index (χ4n) is 3.40. The number of pyridine rings is 2. The SMILES string of the molecule is O=C1NCCc2cn(-c3ccnc(-c4cnc5ccccc5c4)c3)cc21. The van der Waals surface area contributed by atoms with Crippen LogP contribution in [0.2, 0.25) is 0 Å². The van der Waals surface area contributed by atoms with Gasteiger partial charge in [-0.2, -0.15) is 0 Å². The Bertz CT molecular complexity index is 1150. The molecule has 1 amide bonds. The lowest BCUT2D eigenvalue weighted by atomic mass is 10.1. The van der Waals surface area contributed by atoms with E-state index in [0.717, 1.165) is 45.4 Å². The highest BCUT2D eigenvalue weighted by molar-refractivity contribution is 5.96. The second-order valence-corrected chi connectivity index (χ2v) is 6.43. The van der Waals surface area contributed by atoms with Gasteiger partial charge < -0.3 is 9.88 Å².